The molecule has 0 spiro atoms. The lowest BCUT2D eigenvalue weighted by Gasteiger charge is -2.13. The van der Waals surface area contributed by atoms with Gasteiger partial charge in [-0.2, -0.15) is 0 Å². The zero-order valence-electron chi connectivity index (χ0n) is 8.08. The van der Waals surface area contributed by atoms with Gasteiger partial charge >= 0.3 is 0 Å². The van der Waals surface area contributed by atoms with Crippen LogP contribution in [0.2, 0.25) is 0 Å². The minimum absolute atomic E-state index is 0.112. The molecule has 0 aromatic carbocycles. The monoisotopic (exact) mass is 291 g/mol. The smallest absolute Gasteiger partial charge is 0.218 e. The summed E-state index contributed by atoms with van der Waals surface area (Å²) >= 11 is 9.17. The predicted octanol–water partition coefficient (Wildman–Crippen LogP) is 2.75. The molecular formula is C10H11BrClNO2. The first-order chi connectivity index (χ1) is 7.29. The zero-order valence-corrected chi connectivity index (χ0v) is 10.4. The molecule has 1 saturated heterocycles. The van der Waals surface area contributed by atoms with E-state index in [-0.39, 0.29) is 6.10 Å². The Morgan fingerprint density at radius 2 is 2.53 bits per heavy atom. The molecule has 15 heavy (non-hydrogen) atoms. The van der Waals surface area contributed by atoms with E-state index in [1.807, 2.05) is 6.07 Å². The molecule has 0 amide bonds. The van der Waals surface area contributed by atoms with Gasteiger partial charge in [-0.05, 0) is 22.0 Å². The normalized spacial score (nSPS) is 20.5. The number of nitrogens with zero attached hydrogens (tertiary/aromatic N) is 1. The lowest BCUT2D eigenvalue weighted by molar-refractivity contribution is 0.137. The van der Waals surface area contributed by atoms with E-state index in [4.69, 9.17) is 21.1 Å². The van der Waals surface area contributed by atoms with Crippen LogP contribution in [-0.2, 0) is 10.6 Å². The van der Waals surface area contributed by atoms with E-state index in [0.717, 1.165) is 23.1 Å². The Kier molecular flexibility index (Phi) is 3.83. The van der Waals surface area contributed by atoms with E-state index in [1.54, 1.807) is 6.20 Å². The van der Waals surface area contributed by atoms with Gasteiger partial charge in [0.05, 0.1) is 19.1 Å². The molecule has 5 heteroatoms. The van der Waals surface area contributed by atoms with Gasteiger partial charge in [-0.1, -0.05) is 0 Å². The molecule has 0 N–H and O–H groups in total. The summed E-state index contributed by atoms with van der Waals surface area (Å²) in [6, 6.07) is 1.92. The van der Waals surface area contributed by atoms with Crippen molar-refractivity contribution < 1.29 is 9.47 Å². The highest BCUT2D eigenvalue weighted by Gasteiger charge is 2.19. The Hall–Kier alpha value is -0.320. The molecule has 2 rings (SSSR count). The van der Waals surface area contributed by atoms with Crippen molar-refractivity contribution in [1.29, 1.82) is 0 Å². The van der Waals surface area contributed by atoms with Crippen LogP contribution >= 0.6 is 27.5 Å². The van der Waals surface area contributed by atoms with Crippen molar-refractivity contribution in [2.24, 2.45) is 0 Å². The van der Waals surface area contributed by atoms with Crippen molar-refractivity contribution in [1.82, 2.24) is 4.98 Å². The van der Waals surface area contributed by atoms with Crippen LogP contribution in [0.4, 0.5) is 0 Å². The summed E-state index contributed by atoms with van der Waals surface area (Å²) in [5, 5.41) is 0. The van der Waals surface area contributed by atoms with Gasteiger partial charge < -0.3 is 9.47 Å². The fraction of sp³-hybridized carbons (Fsp3) is 0.500. The van der Waals surface area contributed by atoms with Gasteiger partial charge in [0, 0.05) is 22.7 Å². The average molecular weight is 293 g/mol. The standard InChI is InChI=1S/C10H11BrClNO2/c11-8-3-7(4-12)10(13-5-8)15-9-1-2-14-6-9/h3,5,9H,1-2,4,6H2. The lowest BCUT2D eigenvalue weighted by Crippen LogP contribution is -2.17. The average Bonchev–Trinajstić information content (AvgIpc) is 2.73. The molecule has 1 atom stereocenters. The van der Waals surface area contributed by atoms with E-state index in [0.29, 0.717) is 18.4 Å². The van der Waals surface area contributed by atoms with Crippen LogP contribution in [0, 0.1) is 0 Å². The van der Waals surface area contributed by atoms with E-state index >= 15 is 0 Å². The Balaban J connectivity index is 2.12. The van der Waals surface area contributed by atoms with Gasteiger partial charge in [-0.15, -0.1) is 11.6 Å². The maximum absolute atomic E-state index is 5.82. The van der Waals surface area contributed by atoms with E-state index < -0.39 is 0 Å². The Bertz CT molecular complexity index is 342. The third kappa shape index (κ3) is 2.83. The van der Waals surface area contributed by atoms with Gasteiger partial charge in [-0.3, -0.25) is 0 Å². The maximum atomic E-state index is 5.82. The molecule has 1 fully saturated rings. The molecule has 0 bridgehead atoms. The van der Waals surface area contributed by atoms with Crippen LogP contribution in [0.3, 0.4) is 0 Å². The lowest BCUT2D eigenvalue weighted by atomic mass is 10.3. The first-order valence-electron chi connectivity index (χ1n) is 4.74. The number of rotatable bonds is 3. The number of halogens is 2. The summed E-state index contributed by atoms with van der Waals surface area (Å²) < 4.78 is 11.9. The molecule has 3 nitrogen and oxygen atoms in total. The second-order valence-electron chi connectivity index (χ2n) is 3.35. The van der Waals surface area contributed by atoms with Crippen LogP contribution in [0.25, 0.3) is 0 Å². The SMILES string of the molecule is ClCc1cc(Br)cnc1OC1CCOC1. The van der Waals surface area contributed by atoms with E-state index in [9.17, 15) is 0 Å². The van der Waals surface area contributed by atoms with Gasteiger partial charge in [0.25, 0.3) is 0 Å². The summed E-state index contributed by atoms with van der Waals surface area (Å²) in [5.74, 6) is 1.01. The summed E-state index contributed by atoms with van der Waals surface area (Å²) in [5.41, 5.74) is 0.901. The van der Waals surface area contributed by atoms with Crippen LogP contribution in [-0.4, -0.2) is 24.3 Å². The molecule has 1 aliphatic heterocycles. The molecule has 1 aromatic heterocycles. The molecule has 1 aromatic rings. The third-order valence-corrected chi connectivity index (χ3v) is 2.92. The highest BCUT2D eigenvalue weighted by atomic mass is 79.9. The Morgan fingerprint density at radius 3 is 3.20 bits per heavy atom. The van der Waals surface area contributed by atoms with Crippen LogP contribution in [0.1, 0.15) is 12.0 Å². The number of hydrogen-bond donors (Lipinski definition) is 0. The largest absolute Gasteiger partial charge is 0.472 e. The number of hydrogen-bond acceptors (Lipinski definition) is 3. The predicted molar refractivity (Wildman–Crippen MR) is 61.3 cm³/mol. The molecule has 0 aliphatic carbocycles. The van der Waals surface area contributed by atoms with E-state index in [2.05, 4.69) is 20.9 Å². The quantitative estimate of drug-likeness (QED) is 0.803. The van der Waals surface area contributed by atoms with Gasteiger partial charge in [-0.25, -0.2) is 4.98 Å². The van der Waals surface area contributed by atoms with Crippen LogP contribution in [0.5, 0.6) is 5.88 Å². The summed E-state index contributed by atoms with van der Waals surface area (Å²) in [4.78, 5) is 4.20. The fourth-order valence-electron chi connectivity index (χ4n) is 1.43. The number of alkyl halides is 1. The van der Waals surface area contributed by atoms with Crippen LogP contribution < -0.4 is 4.74 Å². The Morgan fingerprint density at radius 1 is 1.67 bits per heavy atom. The maximum Gasteiger partial charge on any atom is 0.218 e. The topological polar surface area (TPSA) is 31.4 Å². The van der Waals surface area contributed by atoms with Crippen LogP contribution in [0.15, 0.2) is 16.7 Å². The van der Waals surface area contributed by atoms with Gasteiger partial charge in [0.2, 0.25) is 5.88 Å². The highest BCUT2D eigenvalue weighted by molar-refractivity contribution is 9.10. The molecule has 2 heterocycles. The third-order valence-electron chi connectivity index (χ3n) is 2.20. The molecular weight excluding hydrogens is 281 g/mol. The first kappa shape index (κ1) is 11.2. The minimum Gasteiger partial charge on any atom is -0.472 e. The molecule has 1 unspecified atom stereocenters. The molecule has 1 aliphatic rings. The van der Waals surface area contributed by atoms with E-state index in [1.165, 1.54) is 0 Å². The second kappa shape index (κ2) is 5.14. The van der Waals surface area contributed by atoms with Crippen molar-refractivity contribution in [3.8, 4) is 5.88 Å². The minimum atomic E-state index is 0.112. The van der Waals surface area contributed by atoms with Crippen molar-refractivity contribution in [3.05, 3.63) is 22.3 Å². The number of pyridine rings is 1. The summed E-state index contributed by atoms with van der Waals surface area (Å²) in [7, 11) is 0. The number of ether oxygens (including phenoxy) is 2. The summed E-state index contributed by atoms with van der Waals surface area (Å²) in [6.07, 6.45) is 2.74. The zero-order chi connectivity index (χ0) is 10.7. The van der Waals surface area contributed by atoms with Gasteiger partial charge in [0.1, 0.15) is 6.10 Å². The fourth-order valence-corrected chi connectivity index (χ4v) is 2.00. The van der Waals surface area contributed by atoms with Crippen molar-refractivity contribution in [3.63, 3.8) is 0 Å². The van der Waals surface area contributed by atoms with Crippen molar-refractivity contribution in [2.75, 3.05) is 13.2 Å². The molecule has 0 radical (unpaired) electrons. The highest BCUT2D eigenvalue weighted by Crippen LogP contribution is 2.24. The van der Waals surface area contributed by atoms with Crippen molar-refractivity contribution >= 4 is 27.5 Å². The first-order valence-corrected chi connectivity index (χ1v) is 6.07. The molecule has 82 valence electrons. The number of aromatic nitrogens is 1. The second-order valence-corrected chi connectivity index (χ2v) is 4.54. The molecule has 0 saturated carbocycles. The van der Waals surface area contributed by atoms with Crippen molar-refractivity contribution in [2.45, 2.75) is 18.4 Å². The Labute approximate surface area is 102 Å². The van der Waals surface area contributed by atoms with Gasteiger partial charge in [0.15, 0.2) is 0 Å². The summed E-state index contributed by atoms with van der Waals surface area (Å²) in [6.45, 7) is 1.40.